The molecular formula is C27H26FN3O. The predicted octanol–water partition coefficient (Wildman–Crippen LogP) is 5.54. The molecule has 5 rings (SSSR count). The average Bonchev–Trinajstić information content (AvgIpc) is 3.38. The van der Waals surface area contributed by atoms with E-state index < -0.39 is 0 Å². The molecule has 162 valence electrons. The van der Waals surface area contributed by atoms with Crippen LogP contribution in [0.2, 0.25) is 0 Å². The number of fused-ring (bicyclic) bond motifs is 2. The molecule has 32 heavy (non-hydrogen) atoms. The summed E-state index contributed by atoms with van der Waals surface area (Å²) in [6, 6.07) is 10.4. The van der Waals surface area contributed by atoms with E-state index in [4.69, 9.17) is 6.42 Å². The van der Waals surface area contributed by atoms with Crippen LogP contribution in [0.3, 0.4) is 0 Å². The van der Waals surface area contributed by atoms with Gasteiger partial charge in [-0.25, -0.2) is 9.37 Å². The van der Waals surface area contributed by atoms with Crippen molar-refractivity contribution < 1.29 is 9.18 Å². The Hall–Kier alpha value is -3.26. The minimum atomic E-state index is -0.215. The van der Waals surface area contributed by atoms with Crippen molar-refractivity contribution in [2.24, 2.45) is 23.7 Å². The summed E-state index contributed by atoms with van der Waals surface area (Å²) in [6.07, 6.45) is 13.1. The quantitative estimate of drug-likeness (QED) is 0.556. The fraction of sp³-hybridized carbons (Fsp3) is 0.370. The first kappa shape index (κ1) is 20.6. The van der Waals surface area contributed by atoms with E-state index in [9.17, 15) is 9.18 Å². The predicted molar refractivity (Wildman–Crippen MR) is 123 cm³/mol. The van der Waals surface area contributed by atoms with Crippen molar-refractivity contribution in [2.45, 2.75) is 38.5 Å². The summed E-state index contributed by atoms with van der Waals surface area (Å²) >= 11 is 0. The molecule has 0 saturated heterocycles. The van der Waals surface area contributed by atoms with E-state index >= 15 is 0 Å². The van der Waals surface area contributed by atoms with Gasteiger partial charge in [0.1, 0.15) is 11.6 Å². The Labute approximate surface area is 187 Å². The van der Waals surface area contributed by atoms with Crippen molar-refractivity contribution in [3.8, 4) is 12.3 Å². The highest BCUT2D eigenvalue weighted by Gasteiger charge is 2.44. The van der Waals surface area contributed by atoms with Gasteiger partial charge in [0.15, 0.2) is 0 Å². The summed E-state index contributed by atoms with van der Waals surface area (Å²) in [6.45, 7) is 2.02. The second kappa shape index (κ2) is 8.35. The van der Waals surface area contributed by atoms with Crippen LogP contribution in [0.5, 0.6) is 0 Å². The number of nitrogens with zero attached hydrogens (tertiary/aromatic N) is 2. The van der Waals surface area contributed by atoms with Crippen molar-refractivity contribution in [3.63, 3.8) is 0 Å². The Balaban J connectivity index is 1.23. The second-order valence-corrected chi connectivity index (χ2v) is 9.34. The lowest BCUT2D eigenvalue weighted by atomic mass is 9.86. The number of halogens is 1. The van der Waals surface area contributed by atoms with Crippen molar-refractivity contribution >= 4 is 22.6 Å². The fourth-order valence-corrected chi connectivity index (χ4v) is 5.83. The molecule has 5 heteroatoms. The van der Waals surface area contributed by atoms with Gasteiger partial charge in [0.05, 0.1) is 5.52 Å². The Morgan fingerprint density at radius 1 is 1.12 bits per heavy atom. The number of anilines is 1. The van der Waals surface area contributed by atoms with E-state index in [2.05, 4.69) is 27.3 Å². The van der Waals surface area contributed by atoms with E-state index in [0.29, 0.717) is 35.1 Å². The standard InChI is InChI=1S/C27H26FN3O/c1-3-17-4-7-26(30-15-17)31-27(32)16(2)18-10-19-12-21(13-20(19)11-18)23-8-9-29-25-6-5-22(28)14-24(23)25/h1,4-9,14-16,18-21H,10-13H2,2H3,(H,30,31,32)/t16-,18-,19+,20-,21-/m1/s1. The minimum Gasteiger partial charge on any atom is -0.310 e. The first-order valence-corrected chi connectivity index (χ1v) is 11.3. The molecular weight excluding hydrogens is 401 g/mol. The number of hydrogen-bond donors (Lipinski definition) is 1. The van der Waals surface area contributed by atoms with Crippen molar-refractivity contribution in [3.05, 3.63) is 65.7 Å². The molecule has 2 fully saturated rings. The van der Waals surface area contributed by atoms with Crippen LogP contribution >= 0.6 is 0 Å². The number of carbonyl (C=O) groups excluding carboxylic acids is 1. The third-order valence-electron chi connectivity index (χ3n) is 7.53. The van der Waals surface area contributed by atoms with Crippen molar-refractivity contribution in [2.75, 3.05) is 5.32 Å². The number of nitrogens with one attached hydrogen (secondary N) is 1. The number of pyridine rings is 2. The molecule has 1 aromatic carbocycles. The number of terminal acetylenes is 1. The van der Waals surface area contributed by atoms with Crippen LogP contribution in [0.25, 0.3) is 10.9 Å². The highest BCUT2D eigenvalue weighted by Crippen LogP contribution is 2.54. The van der Waals surface area contributed by atoms with Crippen LogP contribution in [-0.4, -0.2) is 15.9 Å². The van der Waals surface area contributed by atoms with E-state index in [1.165, 1.54) is 11.6 Å². The highest BCUT2D eigenvalue weighted by molar-refractivity contribution is 5.91. The molecule has 2 saturated carbocycles. The van der Waals surface area contributed by atoms with Gasteiger partial charge in [0, 0.05) is 29.3 Å². The molecule has 0 spiro atoms. The van der Waals surface area contributed by atoms with Gasteiger partial charge >= 0.3 is 0 Å². The largest absolute Gasteiger partial charge is 0.310 e. The summed E-state index contributed by atoms with van der Waals surface area (Å²) in [5.74, 6) is 4.84. The van der Waals surface area contributed by atoms with E-state index in [1.54, 1.807) is 30.5 Å². The maximum Gasteiger partial charge on any atom is 0.228 e. The van der Waals surface area contributed by atoms with Crippen LogP contribution in [0.1, 0.15) is 49.7 Å². The first-order valence-electron chi connectivity index (χ1n) is 11.3. The van der Waals surface area contributed by atoms with Crippen LogP contribution in [0, 0.1) is 41.8 Å². The van der Waals surface area contributed by atoms with Gasteiger partial charge < -0.3 is 5.32 Å². The van der Waals surface area contributed by atoms with Gasteiger partial charge in [-0.3, -0.25) is 9.78 Å². The number of aromatic nitrogens is 2. The molecule has 2 aliphatic carbocycles. The molecule has 2 heterocycles. The molecule has 0 aliphatic heterocycles. The maximum atomic E-state index is 13.9. The van der Waals surface area contributed by atoms with Crippen LogP contribution in [0.4, 0.5) is 10.2 Å². The van der Waals surface area contributed by atoms with Gasteiger partial charge in [-0.2, -0.15) is 0 Å². The summed E-state index contributed by atoms with van der Waals surface area (Å²) in [5, 5.41) is 3.87. The number of amides is 1. The maximum absolute atomic E-state index is 13.9. The van der Waals surface area contributed by atoms with Gasteiger partial charge in [-0.1, -0.05) is 12.8 Å². The van der Waals surface area contributed by atoms with Crippen LogP contribution in [0.15, 0.2) is 48.8 Å². The molecule has 2 aliphatic rings. The monoisotopic (exact) mass is 427 g/mol. The number of rotatable bonds is 4. The zero-order chi connectivity index (χ0) is 22.2. The van der Waals surface area contributed by atoms with Crippen molar-refractivity contribution in [1.82, 2.24) is 9.97 Å². The van der Waals surface area contributed by atoms with E-state index in [-0.39, 0.29) is 17.6 Å². The number of carbonyl (C=O) groups is 1. The SMILES string of the molecule is C#Cc1ccc(NC(=O)[C@H](C)[C@@H]2C[C@H]3C[C@@H](c4ccnc5ccc(F)cc45)C[C@H]3C2)nc1. The molecule has 1 N–H and O–H groups in total. The second-order valence-electron chi connectivity index (χ2n) is 9.34. The van der Waals surface area contributed by atoms with E-state index in [0.717, 1.165) is 36.6 Å². The normalized spacial score (nSPS) is 25.3. The minimum absolute atomic E-state index is 0.0167. The van der Waals surface area contributed by atoms with Crippen LogP contribution in [-0.2, 0) is 4.79 Å². The third kappa shape index (κ3) is 3.86. The number of hydrogen-bond acceptors (Lipinski definition) is 3. The molecule has 3 aromatic rings. The van der Waals surface area contributed by atoms with Gasteiger partial charge in [0.25, 0.3) is 0 Å². The lowest BCUT2D eigenvalue weighted by Crippen LogP contribution is -2.26. The molecule has 0 bridgehead atoms. The lowest BCUT2D eigenvalue weighted by Gasteiger charge is -2.21. The van der Waals surface area contributed by atoms with E-state index in [1.807, 2.05) is 13.1 Å². The molecule has 4 nitrogen and oxygen atoms in total. The molecule has 5 atom stereocenters. The smallest absolute Gasteiger partial charge is 0.228 e. The molecule has 2 aromatic heterocycles. The first-order chi connectivity index (χ1) is 15.5. The Kier molecular flexibility index (Phi) is 5.38. The number of benzene rings is 1. The summed E-state index contributed by atoms with van der Waals surface area (Å²) in [7, 11) is 0. The van der Waals surface area contributed by atoms with Gasteiger partial charge in [0.2, 0.25) is 5.91 Å². The summed E-state index contributed by atoms with van der Waals surface area (Å²) < 4.78 is 13.9. The van der Waals surface area contributed by atoms with Gasteiger partial charge in [-0.05, 0) is 91.3 Å². The van der Waals surface area contributed by atoms with Gasteiger partial charge in [-0.15, -0.1) is 6.42 Å². The highest BCUT2D eigenvalue weighted by atomic mass is 19.1. The summed E-state index contributed by atoms with van der Waals surface area (Å²) in [4.78, 5) is 21.4. The Bertz CT molecular complexity index is 1190. The topological polar surface area (TPSA) is 54.9 Å². The fourth-order valence-electron chi connectivity index (χ4n) is 5.83. The Morgan fingerprint density at radius 2 is 1.91 bits per heavy atom. The summed E-state index contributed by atoms with van der Waals surface area (Å²) in [5.41, 5.74) is 2.76. The average molecular weight is 428 g/mol. The zero-order valence-corrected chi connectivity index (χ0v) is 18.1. The lowest BCUT2D eigenvalue weighted by molar-refractivity contribution is -0.120. The molecule has 0 unspecified atom stereocenters. The van der Waals surface area contributed by atoms with Crippen molar-refractivity contribution in [1.29, 1.82) is 0 Å². The Morgan fingerprint density at radius 3 is 2.59 bits per heavy atom. The molecule has 0 radical (unpaired) electrons. The third-order valence-corrected chi connectivity index (χ3v) is 7.53. The zero-order valence-electron chi connectivity index (χ0n) is 18.1. The molecule has 1 amide bonds. The van der Waals surface area contributed by atoms with Crippen LogP contribution < -0.4 is 5.32 Å².